The standard InChI is InChI=1S/C83H162O17P2/c1-7-9-11-13-15-17-19-21-30-36-43-49-55-61-67-82(87)99-78(71-93-80(85)65-59-53-47-41-35-28-20-18-16-14-12-10-8-2)73-97-101(89,90)95-69-77(84)70-96-102(91,92)98-74-79(72-94-81(86)66-60-54-48-42-38-32-34-40-46-52-58-64-76(5)6)100-83(88)68-62-56-50-44-37-31-27-25-23-22-24-26-29-33-39-45-51-57-63-75(3)4/h75-79,84H,7-74H2,1-6H3,(H,89,90)(H,91,92)/t77-,78+,79+/m0/s1. The Morgan fingerprint density at radius 1 is 0.265 bits per heavy atom. The Morgan fingerprint density at radius 2 is 0.451 bits per heavy atom. The van der Waals surface area contributed by atoms with E-state index in [1.807, 2.05) is 0 Å². The van der Waals surface area contributed by atoms with E-state index >= 15 is 0 Å². The molecule has 0 fully saturated rings. The van der Waals surface area contributed by atoms with E-state index in [0.717, 1.165) is 102 Å². The van der Waals surface area contributed by atoms with Gasteiger partial charge in [-0.05, 0) is 37.5 Å². The van der Waals surface area contributed by atoms with E-state index in [4.69, 9.17) is 37.0 Å². The van der Waals surface area contributed by atoms with Crippen molar-refractivity contribution in [2.24, 2.45) is 11.8 Å². The number of rotatable bonds is 82. The number of phosphoric acid groups is 2. The van der Waals surface area contributed by atoms with Crippen LogP contribution in [-0.4, -0.2) is 96.7 Å². The van der Waals surface area contributed by atoms with Gasteiger partial charge in [-0.1, -0.05) is 388 Å². The molecule has 0 radical (unpaired) electrons. The number of carbonyl (C=O) groups is 4. The maximum absolute atomic E-state index is 13.1. The second-order valence-electron chi connectivity index (χ2n) is 30.8. The fourth-order valence-electron chi connectivity index (χ4n) is 12.9. The van der Waals surface area contributed by atoms with E-state index in [9.17, 15) is 43.2 Å². The average Bonchev–Trinajstić information content (AvgIpc) is 0.928. The van der Waals surface area contributed by atoms with Crippen molar-refractivity contribution < 1.29 is 80.2 Å². The highest BCUT2D eigenvalue weighted by atomic mass is 31.2. The predicted molar refractivity (Wildman–Crippen MR) is 418 cm³/mol. The monoisotopic (exact) mass is 1490 g/mol. The van der Waals surface area contributed by atoms with Crippen LogP contribution in [0, 0.1) is 11.8 Å². The molecule has 0 aliphatic carbocycles. The lowest BCUT2D eigenvalue weighted by Gasteiger charge is -2.21. The molecule has 0 bridgehead atoms. The van der Waals surface area contributed by atoms with Crippen molar-refractivity contribution in [3.05, 3.63) is 0 Å². The van der Waals surface area contributed by atoms with Gasteiger partial charge in [0.25, 0.3) is 0 Å². The Morgan fingerprint density at radius 3 is 0.667 bits per heavy atom. The van der Waals surface area contributed by atoms with Gasteiger partial charge in [-0.2, -0.15) is 0 Å². The van der Waals surface area contributed by atoms with Crippen molar-refractivity contribution in [3.63, 3.8) is 0 Å². The molecular weight excluding hydrogens is 1330 g/mol. The third-order valence-electron chi connectivity index (χ3n) is 19.5. The summed E-state index contributed by atoms with van der Waals surface area (Å²) < 4.78 is 68.8. The Labute approximate surface area is 626 Å². The van der Waals surface area contributed by atoms with Gasteiger partial charge in [-0.3, -0.25) is 37.3 Å². The number of esters is 4. The molecule has 0 amide bonds. The van der Waals surface area contributed by atoms with E-state index in [1.165, 1.54) is 257 Å². The summed E-state index contributed by atoms with van der Waals surface area (Å²) in [5.41, 5.74) is 0. The van der Waals surface area contributed by atoms with Crippen LogP contribution in [0.3, 0.4) is 0 Å². The summed E-state index contributed by atoms with van der Waals surface area (Å²) in [7, 11) is -9.92. The van der Waals surface area contributed by atoms with Crippen molar-refractivity contribution in [3.8, 4) is 0 Å². The molecule has 0 saturated heterocycles. The molecular formula is C83H162O17P2. The maximum Gasteiger partial charge on any atom is 0.472 e. The molecule has 0 spiro atoms. The minimum atomic E-state index is -4.96. The molecule has 19 heteroatoms. The second-order valence-corrected chi connectivity index (χ2v) is 33.7. The highest BCUT2D eigenvalue weighted by Crippen LogP contribution is 2.45. The molecule has 0 aliphatic heterocycles. The molecule has 2 unspecified atom stereocenters. The van der Waals surface area contributed by atoms with Crippen molar-refractivity contribution in [1.82, 2.24) is 0 Å². The Bertz CT molecular complexity index is 1960. The highest BCUT2D eigenvalue weighted by molar-refractivity contribution is 7.47. The normalized spacial score (nSPS) is 13.9. The Hall–Kier alpha value is -1.94. The highest BCUT2D eigenvalue weighted by Gasteiger charge is 2.30. The van der Waals surface area contributed by atoms with Crippen LogP contribution in [0.5, 0.6) is 0 Å². The van der Waals surface area contributed by atoms with Gasteiger partial charge in [0.05, 0.1) is 26.4 Å². The van der Waals surface area contributed by atoms with Crippen LogP contribution < -0.4 is 0 Å². The minimum Gasteiger partial charge on any atom is -0.462 e. The smallest absolute Gasteiger partial charge is 0.462 e. The summed E-state index contributed by atoms with van der Waals surface area (Å²) >= 11 is 0. The van der Waals surface area contributed by atoms with Crippen LogP contribution >= 0.6 is 15.6 Å². The number of hydrogen-bond donors (Lipinski definition) is 3. The first-order valence-corrected chi connectivity index (χ1v) is 46.0. The number of aliphatic hydroxyl groups excluding tert-OH is 1. The molecule has 0 aromatic rings. The van der Waals surface area contributed by atoms with Gasteiger partial charge in [-0.15, -0.1) is 0 Å². The lowest BCUT2D eigenvalue weighted by atomic mass is 10.0. The zero-order valence-electron chi connectivity index (χ0n) is 66.9. The van der Waals surface area contributed by atoms with Gasteiger partial charge in [0.15, 0.2) is 12.2 Å². The van der Waals surface area contributed by atoms with Gasteiger partial charge in [-0.25, -0.2) is 9.13 Å². The van der Waals surface area contributed by atoms with Crippen molar-refractivity contribution in [2.45, 2.75) is 458 Å². The largest absolute Gasteiger partial charge is 0.472 e. The van der Waals surface area contributed by atoms with Crippen molar-refractivity contribution in [1.29, 1.82) is 0 Å². The van der Waals surface area contributed by atoms with E-state index in [1.54, 1.807) is 0 Å². The second kappa shape index (κ2) is 74.5. The lowest BCUT2D eigenvalue weighted by Crippen LogP contribution is -2.30. The third kappa shape index (κ3) is 76.3. The molecule has 0 saturated carbocycles. The van der Waals surface area contributed by atoms with Crippen molar-refractivity contribution in [2.75, 3.05) is 39.6 Å². The van der Waals surface area contributed by atoms with Gasteiger partial charge in [0, 0.05) is 25.7 Å². The SMILES string of the molecule is CCCCCCCCCCCCCCCCC(=O)O[C@H](COC(=O)CCCCCCCCCCCCCCC)COP(=O)(O)OC[C@H](O)COP(=O)(O)OC[C@@H](COC(=O)CCCCCCCCCCCCCC(C)C)OC(=O)CCCCCCCCCCCCCCCCCCCCC(C)C. The molecule has 3 N–H and O–H groups in total. The van der Waals surface area contributed by atoms with Gasteiger partial charge in [0.2, 0.25) is 0 Å². The minimum absolute atomic E-state index is 0.108. The molecule has 606 valence electrons. The number of hydrogen-bond acceptors (Lipinski definition) is 15. The number of aliphatic hydroxyl groups is 1. The van der Waals surface area contributed by atoms with Crippen LogP contribution in [0.15, 0.2) is 0 Å². The fourth-order valence-corrected chi connectivity index (χ4v) is 14.5. The van der Waals surface area contributed by atoms with Crippen molar-refractivity contribution >= 4 is 39.5 Å². The summed E-state index contributed by atoms with van der Waals surface area (Å²) in [5, 5.41) is 10.7. The Kier molecular flexibility index (Phi) is 73.1. The van der Waals surface area contributed by atoms with Gasteiger partial charge >= 0.3 is 39.5 Å². The van der Waals surface area contributed by atoms with E-state index < -0.39 is 97.5 Å². The first-order valence-electron chi connectivity index (χ1n) is 43.0. The first kappa shape index (κ1) is 100. The van der Waals surface area contributed by atoms with Crippen LogP contribution in [0.1, 0.15) is 440 Å². The van der Waals surface area contributed by atoms with E-state index in [2.05, 4.69) is 41.5 Å². The molecule has 102 heavy (non-hydrogen) atoms. The fraction of sp³-hybridized carbons (Fsp3) is 0.952. The molecule has 17 nitrogen and oxygen atoms in total. The zero-order valence-corrected chi connectivity index (χ0v) is 68.7. The number of unbranched alkanes of at least 4 members (excludes halogenated alkanes) is 52. The third-order valence-corrected chi connectivity index (χ3v) is 21.4. The maximum atomic E-state index is 13.1. The predicted octanol–water partition coefficient (Wildman–Crippen LogP) is 25.1. The molecule has 5 atom stereocenters. The molecule has 0 aromatic carbocycles. The lowest BCUT2D eigenvalue weighted by molar-refractivity contribution is -0.161. The Balaban J connectivity index is 5.24. The first-order chi connectivity index (χ1) is 49.4. The molecule has 0 aromatic heterocycles. The van der Waals surface area contributed by atoms with Gasteiger partial charge in [0.1, 0.15) is 19.3 Å². The topological polar surface area (TPSA) is 237 Å². The van der Waals surface area contributed by atoms with Crippen LogP contribution in [-0.2, 0) is 65.4 Å². The van der Waals surface area contributed by atoms with Crippen LogP contribution in [0.25, 0.3) is 0 Å². The van der Waals surface area contributed by atoms with Crippen LogP contribution in [0.4, 0.5) is 0 Å². The zero-order chi connectivity index (χ0) is 74.9. The summed E-state index contributed by atoms with van der Waals surface area (Å²) in [6, 6.07) is 0. The average molecular weight is 1490 g/mol. The molecule has 0 heterocycles. The van der Waals surface area contributed by atoms with E-state index in [0.29, 0.717) is 25.7 Å². The summed E-state index contributed by atoms with van der Waals surface area (Å²) in [4.78, 5) is 73.1. The number of phosphoric ester groups is 2. The molecule has 0 rings (SSSR count). The van der Waals surface area contributed by atoms with E-state index in [-0.39, 0.29) is 25.7 Å². The number of ether oxygens (including phenoxy) is 4. The quantitative estimate of drug-likeness (QED) is 0.0222. The summed E-state index contributed by atoms with van der Waals surface area (Å²) in [6.07, 6.45) is 65.1. The number of carbonyl (C=O) groups excluding carboxylic acids is 4. The molecule has 0 aliphatic rings. The summed E-state index contributed by atoms with van der Waals surface area (Å²) in [5.74, 6) is -0.512. The van der Waals surface area contributed by atoms with Crippen LogP contribution in [0.2, 0.25) is 0 Å². The van der Waals surface area contributed by atoms with Gasteiger partial charge < -0.3 is 33.8 Å². The summed E-state index contributed by atoms with van der Waals surface area (Å²) in [6.45, 7) is 9.70.